The number of ether oxygens (including phenoxy) is 2. The van der Waals surface area contributed by atoms with Gasteiger partial charge in [-0.1, -0.05) is 6.07 Å². The molecule has 1 aromatic rings. The minimum atomic E-state index is -2.49. The van der Waals surface area contributed by atoms with E-state index in [9.17, 15) is 8.78 Å². The summed E-state index contributed by atoms with van der Waals surface area (Å²) in [5.74, 6) is 1.01. The Hall–Kier alpha value is -1.36. The van der Waals surface area contributed by atoms with Crippen molar-refractivity contribution >= 4 is 0 Å². The van der Waals surface area contributed by atoms with E-state index in [1.165, 1.54) is 7.11 Å². The molecule has 1 rings (SSSR count). The number of benzene rings is 1. The van der Waals surface area contributed by atoms with Gasteiger partial charge in [0, 0.05) is 23.7 Å². The van der Waals surface area contributed by atoms with Crippen LogP contribution in [0.3, 0.4) is 0 Å². The van der Waals surface area contributed by atoms with Crippen LogP contribution in [0.2, 0.25) is 0 Å². The van der Waals surface area contributed by atoms with Gasteiger partial charge in [0.2, 0.25) is 0 Å². The van der Waals surface area contributed by atoms with Crippen LogP contribution >= 0.6 is 0 Å². The van der Waals surface area contributed by atoms with E-state index in [0.29, 0.717) is 18.0 Å². The molecule has 0 fully saturated rings. The molecule has 0 aromatic heterocycles. The third kappa shape index (κ3) is 5.87. The van der Waals surface area contributed by atoms with Gasteiger partial charge in [0.25, 0.3) is 6.43 Å². The molecular weight excluding hydrogens is 252 g/mol. The quantitative estimate of drug-likeness (QED) is 0.863. The second-order valence-corrected chi connectivity index (χ2v) is 5.28. The molecule has 0 spiro atoms. The van der Waals surface area contributed by atoms with Gasteiger partial charge in [-0.05, 0) is 26.8 Å². The Labute approximate surface area is 112 Å². The number of nitrogens with one attached hydrogen (secondary N) is 1. The Bertz CT molecular complexity index is 403. The molecule has 0 saturated carbocycles. The van der Waals surface area contributed by atoms with Gasteiger partial charge in [-0.3, -0.25) is 0 Å². The average Bonchev–Trinajstić information content (AvgIpc) is 2.33. The molecule has 0 unspecified atom stereocenters. The molecule has 0 bridgehead atoms. The van der Waals surface area contributed by atoms with Gasteiger partial charge >= 0.3 is 0 Å². The third-order valence-electron chi connectivity index (χ3n) is 2.45. The molecule has 0 radical (unpaired) electrons. The van der Waals surface area contributed by atoms with E-state index in [1.807, 2.05) is 26.8 Å². The van der Waals surface area contributed by atoms with Crippen molar-refractivity contribution in [3.63, 3.8) is 0 Å². The Morgan fingerprint density at radius 3 is 2.47 bits per heavy atom. The fraction of sp³-hybridized carbons (Fsp3) is 0.571. The molecule has 5 heteroatoms. The first kappa shape index (κ1) is 15.7. The molecule has 1 aromatic carbocycles. The summed E-state index contributed by atoms with van der Waals surface area (Å²) in [7, 11) is 1.53. The van der Waals surface area contributed by atoms with Crippen molar-refractivity contribution in [1.29, 1.82) is 0 Å². The number of alkyl halides is 2. The number of halogens is 2. The highest BCUT2D eigenvalue weighted by Crippen LogP contribution is 2.25. The third-order valence-corrected chi connectivity index (χ3v) is 2.45. The van der Waals surface area contributed by atoms with Crippen LogP contribution in [0.4, 0.5) is 8.78 Å². The van der Waals surface area contributed by atoms with Crippen molar-refractivity contribution < 1.29 is 18.3 Å². The van der Waals surface area contributed by atoms with Gasteiger partial charge in [-0.15, -0.1) is 0 Å². The molecule has 0 atom stereocenters. The van der Waals surface area contributed by atoms with Crippen molar-refractivity contribution in [2.45, 2.75) is 39.3 Å². The average molecular weight is 273 g/mol. The molecule has 3 nitrogen and oxygen atoms in total. The monoisotopic (exact) mass is 273 g/mol. The summed E-state index contributed by atoms with van der Waals surface area (Å²) in [6.45, 7) is 6.05. The summed E-state index contributed by atoms with van der Waals surface area (Å²) in [6, 6.07) is 5.23. The van der Waals surface area contributed by atoms with Crippen LogP contribution in [-0.2, 0) is 6.54 Å². The topological polar surface area (TPSA) is 30.5 Å². The van der Waals surface area contributed by atoms with Crippen LogP contribution in [-0.4, -0.2) is 25.7 Å². The summed E-state index contributed by atoms with van der Waals surface area (Å²) in [4.78, 5) is 0. The van der Waals surface area contributed by atoms with E-state index in [0.717, 1.165) is 5.56 Å². The first-order chi connectivity index (χ1) is 8.81. The Kier molecular flexibility index (Phi) is 5.54. The van der Waals surface area contributed by atoms with E-state index < -0.39 is 13.0 Å². The molecular formula is C14H21F2NO2. The lowest BCUT2D eigenvalue weighted by Crippen LogP contribution is -2.35. The first-order valence-corrected chi connectivity index (χ1v) is 6.14. The first-order valence-electron chi connectivity index (χ1n) is 6.14. The summed E-state index contributed by atoms with van der Waals surface area (Å²) < 4.78 is 34.7. The van der Waals surface area contributed by atoms with Crippen molar-refractivity contribution in [3.8, 4) is 11.5 Å². The summed E-state index contributed by atoms with van der Waals surface area (Å²) in [6.07, 6.45) is -2.49. The van der Waals surface area contributed by atoms with Gasteiger partial charge in [-0.25, -0.2) is 8.78 Å². The molecule has 0 aliphatic carbocycles. The van der Waals surface area contributed by atoms with Crippen LogP contribution in [0.25, 0.3) is 0 Å². The maximum Gasteiger partial charge on any atom is 0.272 e. The predicted octanol–water partition coefficient (Wildman–Crippen LogP) is 3.23. The predicted molar refractivity (Wildman–Crippen MR) is 71.1 cm³/mol. The van der Waals surface area contributed by atoms with Crippen molar-refractivity contribution in [2.24, 2.45) is 0 Å². The van der Waals surface area contributed by atoms with E-state index in [-0.39, 0.29) is 5.54 Å². The minimum absolute atomic E-state index is 0.0556. The van der Waals surface area contributed by atoms with Gasteiger partial charge in [0.1, 0.15) is 18.1 Å². The summed E-state index contributed by atoms with van der Waals surface area (Å²) >= 11 is 0. The second kappa shape index (κ2) is 6.70. The van der Waals surface area contributed by atoms with Crippen LogP contribution in [0.1, 0.15) is 26.3 Å². The van der Waals surface area contributed by atoms with Crippen LogP contribution in [0.5, 0.6) is 11.5 Å². The fourth-order valence-electron chi connectivity index (χ4n) is 1.46. The van der Waals surface area contributed by atoms with E-state index in [1.54, 1.807) is 12.1 Å². The summed E-state index contributed by atoms with van der Waals surface area (Å²) in [5, 5.41) is 3.30. The molecule has 0 amide bonds. The molecule has 108 valence electrons. The Balaban J connectivity index is 2.82. The zero-order valence-corrected chi connectivity index (χ0v) is 11.8. The van der Waals surface area contributed by atoms with Crippen LogP contribution in [0, 0.1) is 0 Å². The molecule has 0 aliphatic heterocycles. The van der Waals surface area contributed by atoms with Gasteiger partial charge in [0.15, 0.2) is 0 Å². The van der Waals surface area contributed by atoms with Crippen molar-refractivity contribution in [1.82, 2.24) is 5.32 Å². The normalized spacial score (nSPS) is 11.7. The highest BCUT2D eigenvalue weighted by molar-refractivity contribution is 5.40. The molecule has 1 N–H and O–H groups in total. The zero-order chi connectivity index (χ0) is 14.5. The highest BCUT2D eigenvalue weighted by atomic mass is 19.3. The number of methoxy groups -OCH3 is 1. The largest absolute Gasteiger partial charge is 0.497 e. The molecule has 19 heavy (non-hydrogen) atoms. The SMILES string of the molecule is COc1ccc(CNC(C)(C)C)c(OCC(F)F)c1. The fourth-order valence-corrected chi connectivity index (χ4v) is 1.46. The minimum Gasteiger partial charge on any atom is -0.497 e. The maximum atomic E-state index is 12.2. The van der Waals surface area contributed by atoms with E-state index in [2.05, 4.69) is 5.32 Å². The number of hydrogen-bond donors (Lipinski definition) is 1. The van der Waals surface area contributed by atoms with Crippen LogP contribution < -0.4 is 14.8 Å². The number of hydrogen-bond acceptors (Lipinski definition) is 3. The molecule has 0 heterocycles. The van der Waals surface area contributed by atoms with Gasteiger partial charge in [0.05, 0.1) is 7.11 Å². The summed E-state index contributed by atoms with van der Waals surface area (Å²) in [5.41, 5.74) is 0.774. The van der Waals surface area contributed by atoms with Gasteiger partial charge in [-0.2, -0.15) is 0 Å². The van der Waals surface area contributed by atoms with Crippen molar-refractivity contribution in [3.05, 3.63) is 23.8 Å². The second-order valence-electron chi connectivity index (χ2n) is 5.28. The molecule has 0 saturated heterocycles. The lowest BCUT2D eigenvalue weighted by Gasteiger charge is -2.22. The Morgan fingerprint density at radius 1 is 1.26 bits per heavy atom. The zero-order valence-electron chi connectivity index (χ0n) is 11.8. The van der Waals surface area contributed by atoms with E-state index >= 15 is 0 Å². The van der Waals surface area contributed by atoms with Crippen molar-refractivity contribution in [2.75, 3.05) is 13.7 Å². The van der Waals surface area contributed by atoms with Gasteiger partial charge < -0.3 is 14.8 Å². The standard InChI is InChI=1S/C14H21F2NO2/c1-14(2,3)17-8-10-5-6-11(18-4)7-12(10)19-9-13(15)16/h5-7,13,17H,8-9H2,1-4H3. The smallest absolute Gasteiger partial charge is 0.272 e. The Morgan fingerprint density at radius 2 is 1.95 bits per heavy atom. The van der Waals surface area contributed by atoms with Crippen LogP contribution in [0.15, 0.2) is 18.2 Å². The maximum absolute atomic E-state index is 12.2. The number of rotatable bonds is 6. The lowest BCUT2D eigenvalue weighted by molar-refractivity contribution is 0.0811. The lowest BCUT2D eigenvalue weighted by atomic mass is 10.1. The van der Waals surface area contributed by atoms with E-state index in [4.69, 9.17) is 9.47 Å². The molecule has 0 aliphatic rings. The highest BCUT2D eigenvalue weighted by Gasteiger charge is 2.13.